The Labute approximate surface area is 149 Å². The lowest BCUT2D eigenvalue weighted by Gasteiger charge is -2.28. The van der Waals surface area contributed by atoms with Gasteiger partial charge in [-0.3, -0.25) is 4.79 Å². The van der Waals surface area contributed by atoms with E-state index in [2.05, 4.69) is 17.4 Å². The van der Waals surface area contributed by atoms with Crippen molar-refractivity contribution in [1.82, 2.24) is 5.32 Å². The van der Waals surface area contributed by atoms with E-state index in [0.29, 0.717) is 11.6 Å². The molecule has 0 bridgehead atoms. The number of hydrogen-bond acceptors (Lipinski definition) is 2. The normalized spacial score (nSPS) is 12.7. The topological polar surface area (TPSA) is 38.3 Å². The van der Waals surface area contributed by atoms with Gasteiger partial charge in [-0.15, -0.1) is 0 Å². The third-order valence-corrected chi connectivity index (χ3v) is 4.41. The van der Waals surface area contributed by atoms with E-state index in [1.54, 1.807) is 7.11 Å². The first-order valence-electron chi connectivity index (χ1n) is 8.03. The molecule has 1 unspecified atom stereocenters. The number of amides is 1. The average Bonchev–Trinajstić information content (AvgIpc) is 2.56. The summed E-state index contributed by atoms with van der Waals surface area (Å²) in [7, 11) is 1.65. The van der Waals surface area contributed by atoms with Crippen molar-refractivity contribution in [2.24, 2.45) is 0 Å². The molecule has 0 heterocycles. The fourth-order valence-electron chi connectivity index (χ4n) is 2.61. The van der Waals surface area contributed by atoms with Gasteiger partial charge in [0.15, 0.2) is 0 Å². The predicted molar refractivity (Wildman–Crippen MR) is 98.4 cm³/mol. The van der Waals surface area contributed by atoms with Crippen LogP contribution in [-0.2, 0) is 21.4 Å². The van der Waals surface area contributed by atoms with Crippen LogP contribution in [0.25, 0.3) is 0 Å². The Balaban J connectivity index is 2.10. The van der Waals surface area contributed by atoms with Gasteiger partial charge in [-0.2, -0.15) is 0 Å². The molecule has 1 N–H and O–H groups in total. The van der Waals surface area contributed by atoms with E-state index in [-0.39, 0.29) is 11.9 Å². The Morgan fingerprint density at radius 2 is 1.75 bits per heavy atom. The van der Waals surface area contributed by atoms with Crippen LogP contribution in [0.1, 0.15) is 25.0 Å². The van der Waals surface area contributed by atoms with E-state index < -0.39 is 5.41 Å². The maximum Gasteiger partial charge on any atom is 0.230 e. The molecule has 0 spiro atoms. The monoisotopic (exact) mass is 345 g/mol. The fraction of sp³-hybridized carbons (Fsp3) is 0.350. The maximum absolute atomic E-state index is 12.8. The minimum Gasteiger partial charge on any atom is -0.383 e. The molecule has 0 fully saturated rings. The van der Waals surface area contributed by atoms with Crippen LogP contribution >= 0.6 is 11.6 Å². The van der Waals surface area contributed by atoms with Gasteiger partial charge >= 0.3 is 0 Å². The van der Waals surface area contributed by atoms with Crippen LogP contribution in [-0.4, -0.2) is 25.7 Å². The van der Waals surface area contributed by atoms with Crippen molar-refractivity contribution in [1.29, 1.82) is 0 Å². The van der Waals surface area contributed by atoms with Crippen LogP contribution in [0.3, 0.4) is 0 Å². The molecule has 0 aliphatic heterocycles. The number of benzene rings is 2. The number of methoxy groups -OCH3 is 1. The van der Waals surface area contributed by atoms with Gasteiger partial charge in [0.2, 0.25) is 5.91 Å². The Hall–Kier alpha value is -1.84. The molecule has 1 atom stereocenters. The van der Waals surface area contributed by atoms with E-state index in [0.717, 1.165) is 12.0 Å². The molecule has 0 aromatic heterocycles. The minimum atomic E-state index is -0.646. The molecule has 0 aliphatic carbocycles. The summed E-state index contributed by atoms with van der Waals surface area (Å²) in [4.78, 5) is 12.8. The number of carbonyl (C=O) groups is 1. The molecule has 2 aromatic rings. The number of rotatable bonds is 7. The Morgan fingerprint density at radius 1 is 1.12 bits per heavy atom. The van der Waals surface area contributed by atoms with Crippen LogP contribution in [0, 0.1) is 0 Å². The molecule has 2 aromatic carbocycles. The molecular formula is C20H24ClNO2. The van der Waals surface area contributed by atoms with Gasteiger partial charge in [0.25, 0.3) is 0 Å². The van der Waals surface area contributed by atoms with Crippen molar-refractivity contribution in [3.05, 3.63) is 70.7 Å². The van der Waals surface area contributed by atoms with Crippen molar-refractivity contribution in [2.75, 3.05) is 13.7 Å². The highest BCUT2D eigenvalue weighted by molar-refractivity contribution is 6.30. The number of carbonyl (C=O) groups excluding carboxylic acids is 1. The quantitative estimate of drug-likeness (QED) is 0.824. The number of ether oxygens (including phenoxy) is 1. The Morgan fingerprint density at radius 3 is 2.33 bits per heavy atom. The van der Waals surface area contributed by atoms with Crippen LogP contribution in [0.4, 0.5) is 0 Å². The van der Waals surface area contributed by atoms with Gasteiger partial charge in [0.05, 0.1) is 18.1 Å². The van der Waals surface area contributed by atoms with Crippen molar-refractivity contribution in [2.45, 2.75) is 31.7 Å². The lowest BCUT2D eigenvalue weighted by atomic mass is 9.83. The fourth-order valence-corrected chi connectivity index (χ4v) is 2.74. The Kier molecular flexibility index (Phi) is 6.41. The van der Waals surface area contributed by atoms with Gasteiger partial charge in [0.1, 0.15) is 0 Å². The summed E-state index contributed by atoms with van der Waals surface area (Å²) in [6.45, 7) is 4.30. The lowest BCUT2D eigenvalue weighted by Crippen LogP contribution is -2.47. The van der Waals surface area contributed by atoms with E-state index in [4.69, 9.17) is 16.3 Å². The zero-order chi connectivity index (χ0) is 17.6. The molecular weight excluding hydrogens is 322 g/mol. The summed E-state index contributed by atoms with van der Waals surface area (Å²) in [5.41, 5.74) is 1.46. The first-order valence-corrected chi connectivity index (χ1v) is 8.41. The molecule has 1 amide bonds. The molecule has 2 rings (SSSR count). The highest BCUT2D eigenvalue weighted by atomic mass is 35.5. The third-order valence-electron chi connectivity index (χ3n) is 4.16. The number of nitrogens with one attached hydrogen (secondary N) is 1. The van der Waals surface area contributed by atoms with Gasteiger partial charge in [-0.05, 0) is 43.5 Å². The van der Waals surface area contributed by atoms with Crippen molar-refractivity contribution in [3.63, 3.8) is 0 Å². The molecule has 24 heavy (non-hydrogen) atoms. The lowest BCUT2D eigenvalue weighted by molar-refractivity contribution is -0.126. The summed E-state index contributed by atoms with van der Waals surface area (Å²) in [6, 6.07) is 17.4. The summed E-state index contributed by atoms with van der Waals surface area (Å²) >= 11 is 5.94. The molecule has 4 heteroatoms. The van der Waals surface area contributed by atoms with E-state index in [1.807, 2.05) is 56.3 Å². The number of hydrogen-bond donors (Lipinski definition) is 1. The van der Waals surface area contributed by atoms with Gasteiger partial charge in [-0.1, -0.05) is 54.1 Å². The maximum atomic E-state index is 12.8. The smallest absolute Gasteiger partial charge is 0.230 e. The van der Waals surface area contributed by atoms with E-state index in [9.17, 15) is 4.79 Å². The third kappa shape index (κ3) is 4.83. The predicted octanol–water partition coefficient (Wildman–Crippen LogP) is 3.99. The van der Waals surface area contributed by atoms with Crippen LogP contribution in [0.2, 0.25) is 5.02 Å². The first kappa shape index (κ1) is 18.5. The highest BCUT2D eigenvalue weighted by Crippen LogP contribution is 2.25. The van der Waals surface area contributed by atoms with E-state index >= 15 is 0 Å². The molecule has 0 radical (unpaired) electrons. The second-order valence-electron chi connectivity index (χ2n) is 6.45. The summed E-state index contributed by atoms with van der Waals surface area (Å²) < 4.78 is 5.28. The first-order chi connectivity index (χ1) is 11.4. The summed E-state index contributed by atoms with van der Waals surface area (Å²) in [6.07, 6.45) is 0.733. The standard InChI is InChI=1S/C20H24ClNO2/c1-20(2,16-9-11-17(21)12-10-16)19(23)22-18(14-24-3)13-15-7-5-4-6-8-15/h4-12,18H,13-14H2,1-3H3,(H,22,23). The summed E-state index contributed by atoms with van der Waals surface area (Å²) in [5.74, 6) is -0.0252. The van der Waals surface area contributed by atoms with Crippen LogP contribution in [0.5, 0.6) is 0 Å². The van der Waals surface area contributed by atoms with Crippen LogP contribution in [0.15, 0.2) is 54.6 Å². The van der Waals surface area contributed by atoms with Gasteiger partial charge < -0.3 is 10.1 Å². The largest absolute Gasteiger partial charge is 0.383 e. The number of halogens is 1. The van der Waals surface area contributed by atoms with E-state index in [1.165, 1.54) is 5.56 Å². The zero-order valence-electron chi connectivity index (χ0n) is 14.4. The van der Waals surface area contributed by atoms with Gasteiger partial charge in [0, 0.05) is 12.1 Å². The molecule has 3 nitrogen and oxygen atoms in total. The molecule has 0 aliphatic rings. The van der Waals surface area contributed by atoms with Gasteiger partial charge in [-0.25, -0.2) is 0 Å². The zero-order valence-corrected chi connectivity index (χ0v) is 15.1. The molecule has 0 saturated heterocycles. The average molecular weight is 346 g/mol. The summed E-state index contributed by atoms with van der Waals surface area (Å²) in [5, 5.41) is 3.79. The molecule has 128 valence electrons. The Bertz CT molecular complexity index is 653. The van der Waals surface area contributed by atoms with Crippen molar-refractivity contribution < 1.29 is 9.53 Å². The van der Waals surface area contributed by atoms with Crippen molar-refractivity contribution >= 4 is 17.5 Å². The van der Waals surface area contributed by atoms with Crippen LogP contribution < -0.4 is 5.32 Å². The second-order valence-corrected chi connectivity index (χ2v) is 6.88. The molecule has 0 saturated carbocycles. The minimum absolute atomic E-state index is 0.0252. The second kappa shape index (κ2) is 8.32. The SMILES string of the molecule is COCC(Cc1ccccc1)NC(=O)C(C)(C)c1ccc(Cl)cc1. The highest BCUT2D eigenvalue weighted by Gasteiger charge is 2.31. The van der Waals surface area contributed by atoms with Crippen molar-refractivity contribution in [3.8, 4) is 0 Å².